The predicted octanol–water partition coefficient (Wildman–Crippen LogP) is 5.11. The normalized spacial score (nSPS) is 12.3. The fourth-order valence-electron chi connectivity index (χ4n) is 3.15. The van der Waals surface area contributed by atoms with Crippen molar-refractivity contribution in [1.82, 2.24) is 5.32 Å². The first-order valence-electron chi connectivity index (χ1n) is 8.67. The highest BCUT2D eigenvalue weighted by molar-refractivity contribution is 7.21. The molecule has 0 aliphatic heterocycles. The van der Waals surface area contributed by atoms with Crippen LogP contribution < -0.4 is 5.32 Å². The first kappa shape index (κ1) is 18.5. The van der Waals surface area contributed by atoms with Gasteiger partial charge in [0.1, 0.15) is 5.82 Å². The van der Waals surface area contributed by atoms with Crippen molar-refractivity contribution in [3.63, 3.8) is 0 Å². The largest absolute Gasteiger partial charge is 0.380 e. The lowest BCUT2D eigenvalue weighted by Crippen LogP contribution is -2.28. The molecule has 0 unspecified atom stereocenters. The number of ether oxygens (including phenoxy) is 1. The third-order valence-electron chi connectivity index (χ3n) is 4.53. The summed E-state index contributed by atoms with van der Waals surface area (Å²) in [7, 11) is 1.55. The average Bonchev–Trinajstić information content (AvgIpc) is 3.03. The summed E-state index contributed by atoms with van der Waals surface area (Å²) in [6.45, 7) is 2.86. The molecular formula is C21H22FNO2S. The Balaban J connectivity index is 1.83. The molecule has 0 spiro atoms. The van der Waals surface area contributed by atoms with Crippen LogP contribution in [0.2, 0.25) is 0 Å². The molecule has 1 amide bonds. The molecule has 1 N–H and O–H groups in total. The molecule has 0 fully saturated rings. The Morgan fingerprint density at radius 2 is 1.96 bits per heavy atom. The van der Waals surface area contributed by atoms with Crippen molar-refractivity contribution < 1.29 is 13.9 Å². The number of benzene rings is 2. The summed E-state index contributed by atoms with van der Waals surface area (Å²) >= 11 is 1.31. The monoisotopic (exact) mass is 371 g/mol. The number of carbonyl (C=O) groups is 1. The van der Waals surface area contributed by atoms with Gasteiger partial charge in [-0.2, -0.15) is 0 Å². The molecule has 3 aromatic rings. The van der Waals surface area contributed by atoms with E-state index in [9.17, 15) is 9.18 Å². The number of amides is 1. The van der Waals surface area contributed by atoms with Gasteiger partial charge in [0.15, 0.2) is 0 Å². The molecule has 5 heteroatoms. The molecule has 0 bridgehead atoms. The molecule has 0 aliphatic rings. The third-order valence-corrected chi connectivity index (χ3v) is 5.73. The van der Waals surface area contributed by atoms with Crippen molar-refractivity contribution >= 4 is 27.3 Å². The summed E-state index contributed by atoms with van der Waals surface area (Å²) in [5, 5.41) is 3.51. The second-order valence-corrected chi connectivity index (χ2v) is 7.23. The fraction of sp³-hybridized carbons (Fsp3) is 0.286. The van der Waals surface area contributed by atoms with Gasteiger partial charge in [-0.3, -0.25) is 4.79 Å². The summed E-state index contributed by atoms with van der Waals surface area (Å²) in [6.07, 6.45) is 0.927. The molecule has 0 aliphatic carbocycles. The second kappa shape index (κ2) is 8.43. The zero-order chi connectivity index (χ0) is 18.5. The maximum Gasteiger partial charge on any atom is 0.261 e. The van der Waals surface area contributed by atoms with Gasteiger partial charge in [-0.15, -0.1) is 11.3 Å². The van der Waals surface area contributed by atoms with Crippen LogP contribution in [-0.2, 0) is 11.3 Å². The van der Waals surface area contributed by atoms with E-state index in [1.807, 2.05) is 24.3 Å². The van der Waals surface area contributed by atoms with Gasteiger partial charge in [0.25, 0.3) is 5.91 Å². The summed E-state index contributed by atoms with van der Waals surface area (Å²) in [4.78, 5) is 13.3. The van der Waals surface area contributed by atoms with Crippen molar-refractivity contribution in [2.24, 2.45) is 0 Å². The van der Waals surface area contributed by atoms with Crippen molar-refractivity contribution in [1.29, 1.82) is 0 Å². The highest BCUT2D eigenvalue weighted by atomic mass is 32.1. The van der Waals surface area contributed by atoms with Gasteiger partial charge in [-0.25, -0.2) is 4.39 Å². The maximum atomic E-state index is 14.3. The molecule has 1 heterocycles. The molecular weight excluding hydrogens is 349 g/mol. The SMILES string of the molecule is CC[C@@H](CNC(=O)c1sc2cccc(F)c2c1COC)c1ccccc1. The van der Waals surface area contributed by atoms with E-state index in [0.29, 0.717) is 22.4 Å². The van der Waals surface area contributed by atoms with Gasteiger partial charge in [0.2, 0.25) is 0 Å². The standard InChI is InChI=1S/C21H22FNO2S/c1-3-14(15-8-5-4-6-9-15)12-23-21(24)20-16(13-25-2)19-17(22)10-7-11-18(19)26-20/h4-11,14H,3,12-13H2,1-2H3,(H,23,24)/t14-/m0/s1. The van der Waals surface area contributed by atoms with Crippen LogP contribution in [0.15, 0.2) is 48.5 Å². The zero-order valence-corrected chi connectivity index (χ0v) is 15.7. The minimum absolute atomic E-state index is 0.174. The molecule has 26 heavy (non-hydrogen) atoms. The second-order valence-electron chi connectivity index (χ2n) is 6.18. The van der Waals surface area contributed by atoms with E-state index < -0.39 is 0 Å². The summed E-state index contributed by atoms with van der Waals surface area (Å²) < 4.78 is 20.2. The van der Waals surface area contributed by atoms with Crippen LogP contribution in [-0.4, -0.2) is 19.6 Å². The fourth-order valence-corrected chi connectivity index (χ4v) is 4.29. The number of hydrogen-bond acceptors (Lipinski definition) is 3. The van der Waals surface area contributed by atoms with E-state index in [-0.39, 0.29) is 24.2 Å². The number of methoxy groups -OCH3 is 1. The minimum atomic E-state index is -0.319. The highest BCUT2D eigenvalue weighted by Gasteiger charge is 2.21. The smallest absolute Gasteiger partial charge is 0.261 e. The third kappa shape index (κ3) is 3.79. The quantitative estimate of drug-likeness (QED) is 0.627. The molecule has 3 nitrogen and oxygen atoms in total. The van der Waals surface area contributed by atoms with Crippen molar-refractivity contribution in [2.75, 3.05) is 13.7 Å². The van der Waals surface area contributed by atoms with Crippen LogP contribution in [0.3, 0.4) is 0 Å². The van der Waals surface area contributed by atoms with Crippen molar-refractivity contribution in [3.8, 4) is 0 Å². The first-order valence-corrected chi connectivity index (χ1v) is 9.49. The molecule has 2 aromatic carbocycles. The van der Waals surface area contributed by atoms with Crippen LogP contribution in [0, 0.1) is 5.82 Å². The number of thiophene rings is 1. The number of rotatable bonds is 7. The molecule has 0 saturated carbocycles. The molecule has 1 aromatic heterocycles. The van der Waals surface area contributed by atoms with E-state index in [2.05, 4.69) is 24.4 Å². The Kier molecular flexibility index (Phi) is 6.01. The van der Waals surface area contributed by atoms with Gasteiger partial charge in [0, 0.05) is 35.2 Å². The summed E-state index contributed by atoms with van der Waals surface area (Å²) in [5.41, 5.74) is 1.82. The Morgan fingerprint density at radius 1 is 1.19 bits per heavy atom. The van der Waals surface area contributed by atoms with Crippen molar-refractivity contribution in [2.45, 2.75) is 25.9 Å². The maximum absolute atomic E-state index is 14.3. The summed E-state index contributed by atoms with van der Waals surface area (Å²) in [5.74, 6) is -0.246. The van der Waals surface area contributed by atoms with E-state index in [4.69, 9.17) is 4.74 Å². The highest BCUT2D eigenvalue weighted by Crippen LogP contribution is 2.33. The van der Waals surface area contributed by atoms with Crippen LogP contribution in [0.4, 0.5) is 4.39 Å². The number of fused-ring (bicyclic) bond motifs is 1. The molecule has 136 valence electrons. The lowest BCUT2D eigenvalue weighted by Gasteiger charge is -2.16. The van der Waals surface area contributed by atoms with E-state index in [1.54, 1.807) is 13.2 Å². The Labute approximate surface area is 156 Å². The minimum Gasteiger partial charge on any atom is -0.380 e. The van der Waals surface area contributed by atoms with Crippen LogP contribution in [0.1, 0.15) is 40.1 Å². The molecule has 0 saturated heterocycles. The Morgan fingerprint density at radius 3 is 2.65 bits per heavy atom. The van der Waals surface area contributed by atoms with Gasteiger partial charge in [-0.1, -0.05) is 43.3 Å². The van der Waals surface area contributed by atoms with E-state index in [1.165, 1.54) is 23.0 Å². The van der Waals surface area contributed by atoms with Crippen LogP contribution in [0.25, 0.3) is 10.1 Å². The van der Waals surface area contributed by atoms with Crippen LogP contribution in [0.5, 0.6) is 0 Å². The van der Waals surface area contributed by atoms with Gasteiger partial charge in [-0.05, 0) is 24.1 Å². The number of nitrogens with one attached hydrogen (secondary N) is 1. The Bertz CT molecular complexity index is 892. The number of halogens is 1. The van der Waals surface area contributed by atoms with E-state index >= 15 is 0 Å². The Hall–Kier alpha value is -2.24. The van der Waals surface area contributed by atoms with E-state index in [0.717, 1.165) is 11.1 Å². The summed E-state index contributed by atoms with van der Waals surface area (Å²) in [6, 6.07) is 15.1. The van der Waals surface area contributed by atoms with Gasteiger partial charge >= 0.3 is 0 Å². The first-order chi connectivity index (χ1) is 12.7. The lowest BCUT2D eigenvalue weighted by molar-refractivity contribution is 0.0950. The number of carbonyl (C=O) groups excluding carboxylic acids is 1. The lowest BCUT2D eigenvalue weighted by atomic mass is 9.96. The molecule has 0 radical (unpaired) electrons. The number of hydrogen-bond donors (Lipinski definition) is 1. The van der Waals surface area contributed by atoms with Gasteiger partial charge in [0.05, 0.1) is 11.5 Å². The zero-order valence-electron chi connectivity index (χ0n) is 14.9. The topological polar surface area (TPSA) is 38.3 Å². The molecule has 1 atom stereocenters. The predicted molar refractivity (Wildman–Crippen MR) is 104 cm³/mol. The van der Waals surface area contributed by atoms with Crippen LogP contribution >= 0.6 is 11.3 Å². The van der Waals surface area contributed by atoms with Gasteiger partial charge < -0.3 is 10.1 Å². The molecule has 3 rings (SSSR count). The van der Waals surface area contributed by atoms with Crippen molar-refractivity contribution in [3.05, 3.63) is 70.4 Å². The average molecular weight is 371 g/mol.